The minimum absolute atomic E-state index is 0.0871. The van der Waals surface area contributed by atoms with Gasteiger partial charge < -0.3 is 9.84 Å². The van der Waals surface area contributed by atoms with Crippen LogP contribution in [-0.4, -0.2) is 19.2 Å². The van der Waals surface area contributed by atoms with Crippen LogP contribution in [0.25, 0.3) is 0 Å². The Bertz CT molecular complexity index is 501. The van der Waals surface area contributed by atoms with Crippen molar-refractivity contribution >= 4 is 19.0 Å². The summed E-state index contributed by atoms with van der Waals surface area (Å²) in [4.78, 5) is 12.3. The number of rotatable bonds is 9. The Morgan fingerprint density at radius 1 is 1.14 bits per heavy atom. The number of hydrogen-bond donors (Lipinski definition) is 1. The summed E-state index contributed by atoms with van der Waals surface area (Å²) < 4.78 is 16.8. The Hall–Kier alpha value is -1.12. The van der Waals surface area contributed by atoms with Crippen LogP contribution in [0.15, 0.2) is 24.3 Å². The Balaban J connectivity index is 2.59. The van der Waals surface area contributed by atoms with Gasteiger partial charge in [0.15, 0.2) is 7.37 Å². The quantitative estimate of drug-likeness (QED) is 0.657. The van der Waals surface area contributed by atoms with Gasteiger partial charge in [-0.3, -0.25) is 9.36 Å². The first-order valence-corrected chi connectivity index (χ1v) is 10.5. The number of hydrogen-bond acceptors (Lipinski definition) is 3. The molecule has 1 aromatic rings. The van der Waals surface area contributed by atoms with Crippen LogP contribution < -0.4 is 5.32 Å². The van der Waals surface area contributed by atoms with Crippen molar-refractivity contribution in [3.05, 3.63) is 29.8 Å². The highest BCUT2D eigenvalue weighted by Gasteiger charge is 2.16. The summed E-state index contributed by atoms with van der Waals surface area (Å²) in [6.07, 6.45) is 3.88. The van der Waals surface area contributed by atoms with E-state index in [1.165, 1.54) is 0 Å². The number of nitrogens with one attached hydrogen (secondary N) is 1. The molecule has 1 aromatic carbocycles. The zero-order valence-electron chi connectivity index (χ0n) is 14.1. The number of carbonyl (C=O) groups excluding carboxylic acids is 1. The third-order valence-electron chi connectivity index (χ3n) is 3.41. The van der Waals surface area contributed by atoms with Crippen molar-refractivity contribution in [3.63, 3.8) is 0 Å². The Kier molecular flexibility index (Phi) is 7.84. The lowest BCUT2D eigenvalue weighted by molar-refractivity contribution is -0.120. The molecule has 0 heterocycles. The van der Waals surface area contributed by atoms with Crippen LogP contribution in [0.5, 0.6) is 0 Å². The topological polar surface area (TPSA) is 55.4 Å². The average Bonchev–Trinajstić information content (AvgIpc) is 2.45. The molecule has 0 aliphatic carbocycles. The second-order valence-electron chi connectivity index (χ2n) is 5.99. The fourth-order valence-corrected chi connectivity index (χ4v) is 2.72. The SMILES string of the molecule is CCCC(CCC)C(=O)Nc1ccc(COP(C)(C)=O)cc1. The highest BCUT2D eigenvalue weighted by molar-refractivity contribution is 7.57. The van der Waals surface area contributed by atoms with Crippen molar-refractivity contribution in [1.82, 2.24) is 0 Å². The molecule has 1 N–H and O–H groups in total. The molecule has 4 nitrogen and oxygen atoms in total. The van der Waals surface area contributed by atoms with E-state index in [0.717, 1.165) is 36.9 Å². The molecule has 1 amide bonds. The first-order valence-electron chi connectivity index (χ1n) is 7.95. The van der Waals surface area contributed by atoms with Crippen molar-refractivity contribution in [3.8, 4) is 0 Å². The normalized spacial score (nSPS) is 11.7. The van der Waals surface area contributed by atoms with E-state index in [0.29, 0.717) is 6.61 Å². The van der Waals surface area contributed by atoms with Crippen LogP contribution in [-0.2, 0) is 20.5 Å². The zero-order valence-corrected chi connectivity index (χ0v) is 15.0. The van der Waals surface area contributed by atoms with Gasteiger partial charge in [0.25, 0.3) is 0 Å². The van der Waals surface area contributed by atoms with Crippen molar-refractivity contribution < 1.29 is 13.9 Å². The van der Waals surface area contributed by atoms with Gasteiger partial charge in [-0.15, -0.1) is 0 Å². The molecule has 124 valence electrons. The molecule has 0 spiro atoms. The van der Waals surface area contributed by atoms with E-state index >= 15 is 0 Å². The van der Waals surface area contributed by atoms with Crippen molar-refractivity contribution in [2.24, 2.45) is 5.92 Å². The number of carbonyl (C=O) groups is 1. The van der Waals surface area contributed by atoms with E-state index in [9.17, 15) is 9.36 Å². The lowest BCUT2D eigenvalue weighted by Crippen LogP contribution is -2.22. The summed E-state index contributed by atoms with van der Waals surface area (Å²) in [5.74, 6) is 0.184. The molecule has 0 aliphatic rings. The zero-order chi connectivity index (χ0) is 16.6. The Morgan fingerprint density at radius 3 is 2.14 bits per heavy atom. The molecule has 0 fully saturated rings. The molecular formula is C17H28NO3P. The molecule has 0 unspecified atom stereocenters. The van der Waals surface area contributed by atoms with Crippen LogP contribution >= 0.6 is 7.37 Å². The highest BCUT2D eigenvalue weighted by atomic mass is 31.2. The van der Waals surface area contributed by atoms with Crippen LogP contribution in [0.3, 0.4) is 0 Å². The fourth-order valence-electron chi connectivity index (χ4n) is 2.26. The largest absolute Gasteiger partial charge is 0.326 e. The van der Waals surface area contributed by atoms with Crippen molar-refractivity contribution in [2.75, 3.05) is 18.6 Å². The molecule has 5 heteroatoms. The van der Waals surface area contributed by atoms with Gasteiger partial charge in [0.2, 0.25) is 5.91 Å². The monoisotopic (exact) mass is 325 g/mol. The molecule has 0 aliphatic heterocycles. The van der Waals surface area contributed by atoms with Gasteiger partial charge in [-0.05, 0) is 30.5 Å². The highest BCUT2D eigenvalue weighted by Crippen LogP contribution is 2.38. The van der Waals surface area contributed by atoms with Gasteiger partial charge in [0, 0.05) is 24.9 Å². The predicted molar refractivity (Wildman–Crippen MR) is 92.6 cm³/mol. The van der Waals surface area contributed by atoms with Crippen LogP contribution in [0.1, 0.15) is 45.1 Å². The molecular weight excluding hydrogens is 297 g/mol. The predicted octanol–water partition coefficient (Wildman–Crippen LogP) is 4.90. The molecule has 0 aromatic heterocycles. The summed E-state index contributed by atoms with van der Waals surface area (Å²) in [6.45, 7) is 7.73. The molecule has 0 bridgehead atoms. The van der Waals surface area contributed by atoms with Gasteiger partial charge >= 0.3 is 0 Å². The van der Waals surface area contributed by atoms with Crippen molar-refractivity contribution in [2.45, 2.75) is 46.1 Å². The lowest BCUT2D eigenvalue weighted by Gasteiger charge is -2.15. The summed E-state index contributed by atoms with van der Waals surface area (Å²) >= 11 is 0. The maximum atomic E-state index is 12.3. The molecule has 0 radical (unpaired) electrons. The number of benzene rings is 1. The molecule has 0 saturated carbocycles. The third-order valence-corrected chi connectivity index (χ3v) is 4.16. The van der Waals surface area contributed by atoms with Crippen LogP contribution in [0.2, 0.25) is 0 Å². The minimum atomic E-state index is -2.46. The first-order chi connectivity index (χ1) is 10.4. The van der Waals surface area contributed by atoms with Gasteiger partial charge in [0.1, 0.15) is 0 Å². The maximum absolute atomic E-state index is 12.3. The molecule has 0 saturated heterocycles. The Morgan fingerprint density at radius 2 is 1.68 bits per heavy atom. The van der Waals surface area contributed by atoms with Crippen molar-refractivity contribution in [1.29, 1.82) is 0 Å². The first kappa shape index (κ1) is 18.9. The van der Waals surface area contributed by atoms with Gasteiger partial charge in [-0.1, -0.05) is 38.8 Å². The Labute approximate surface area is 134 Å². The minimum Gasteiger partial charge on any atom is -0.326 e. The second kappa shape index (κ2) is 9.12. The van der Waals surface area contributed by atoms with E-state index in [4.69, 9.17) is 4.52 Å². The van der Waals surface area contributed by atoms with E-state index in [1.807, 2.05) is 24.3 Å². The van der Waals surface area contributed by atoms with E-state index in [2.05, 4.69) is 19.2 Å². The third kappa shape index (κ3) is 7.24. The molecule has 22 heavy (non-hydrogen) atoms. The standard InChI is InChI=1S/C17H28NO3P/c1-5-7-15(8-6-2)17(19)18-16-11-9-14(10-12-16)13-21-22(3,4)20/h9-12,15H,5-8,13H2,1-4H3,(H,18,19). The molecule has 1 rings (SSSR count). The maximum Gasteiger partial charge on any atom is 0.227 e. The van der Waals surface area contributed by atoms with E-state index in [1.54, 1.807) is 13.3 Å². The summed E-state index contributed by atoms with van der Waals surface area (Å²) in [5.41, 5.74) is 1.74. The van der Waals surface area contributed by atoms with Crippen LogP contribution in [0.4, 0.5) is 5.69 Å². The summed E-state index contributed by atoms with van der Waals surface area (Å²) in [7, 11) is -2.46. The molecule has 0 atom stereocenters. The smallest absolute Gasteiger partial charge is 0.227 e. The van der Waals surface area contributed by atoms with Gasteiger partial charge in [-0.2, -0.15) is 0 Å². The van der Waals surface area contributed by atoms with Gasteiger partial charge in [-0.25, -0.2) is 0 Å². The van der Waals surface area contributed by atoms with E-state index < -0.39 is 7.37 Å². The van der Waals surface area contributed by atoms with Crippen LogP contribution in [0, 0.1) is 5.92 Å². The number of amides is 1. The van der Waals surface area contributed by atoms with Gasteiger partial charge in [0.05, 0.1) is 6.61 Å². The summed E-state index contributed by atoms with van der Waals surface area (Å²) in [5, 5.41) is 2.98. The second-order valence-corrected chi connectivity index (χ2v) is 8.75. The number of anilines is 1. The fraction of sp³-hybridized carbons (Fsp3) is 0.588. The average molecular weight is 325 g/mol. The lowest BCUT2D eigenvalue weighted by atomic mass is 9.97. The van der Waals surface area contributed by atoms with E-state index in [-0.39, 0.29) is 11.8 Å². The summed E-state index contributed by atoms with van der Waals surface area (Å²) in [6, 6.07) is 7.50.